The van der Waals surface area contributed by atoms with Crippen LogP contribution in [0.1, 0.15) is 116 Å². The van der Waals surface area contributed by atoms with E-state index < -0.39 is 7.60 Å². The van der Waals surface area contributed by atoms with E-state index >= 15 is 0 Å². The molecular weight excluding hydrogens is 393 g/mol. The first-order valence-electron chi connectivity index (χ1n) is 12.6. The molecular formula is C25H53NO3P+. The number of allylic oxidation sites excluding steroid dienone is 1. The maximum Gasteiger partial charge on any atom is 0.385 e. The molecule has 0 saturated carbocycles. The highest BCUT2D eigenvalue weighted by molar-refractivity contribution is 7.53. The molecule has 0 radical (unpaired) electrons. The smallest absolute Gasteiger partial charge is 0.320 e. The van der Waals surface area contributed by atoms with E-state index in [4.69, 9.17) is 4.52 Å². The molecule has 0 amide bonds. The molecule has 180 valence electrons. The van der Waals surface area contributed by atoms with Gasteiger partial charge in [-0.1, -0.05) is 96.5 Å². The fourth-order valence-electron chi connectivity index (χ4n) is 4.19. The van der Waals surface area contributed by atoms with E-state index in [0.717, 1.165) is 12.8 Å². The minimum absolute atomic E-state index is 0.347. The summed E-state index contributed by atoms with van der Waals surface area (Å²) in [5.74, 6) is -0.347. The van der Waals surface area contributed by atoms with Gasteiger partial charge in [-0.05, 0) is 19.3 Å². The fraction of sp³-hybridized carbons (Fsp3) is 0.920. The van der Waals surface area contributed by atoms with E-state index in [9.17, 15) is 9.46 Å². The fourth-order valence-corrected chi connectivity index (χ4v) is 6.09. The lowest BCUT2D eigenvalue weighted by atomic mass is 10.0. The van der Waals surface area contributed by atoms with Crippen LogP contribution in [0, 0.1) is 0 Å². The number of nitrogens with zero attached hydrogens (tertiary/aromatic N) is 1. The lowest BCUT2D eigenvalue weighted by Gasteiger charge is -2.35. The van der Waals surface area contributed by atoms with Crippen LogP contribution >= 0.6 is 7.60 Å². The van der Waals surface area contributed by atoms with Crippen LogP contribution in [0.25, 0.3) is 0 Å². The molecule has 0 aromatic carbocycles. The summed E-state index contributed by atoms with van der Waals surface area (Å²) in [6, 6.07) is 0. The van der Waals surface area contributed by atoms with Gasteiger partial charge in [0.1, 0.15) is 0 Å². The monoisotopic (exact) mass is 446 g/mol. The van der Waals surface area contributed by atoms with Crippen molar-refractivity contribution in [2.45, 2.75) is 122 Å². The number of rotatable bonds is 22. The topological polar surface area (TPSA) is 46.5 Å². The molecule has 0 fully saturated rings. The summed E-state index contributed by atoms with van der Waals surface area (Å²) < 4.78 is 18.4. The molecule has 0 saturated heterocycles. The maximum atomic E-state index is 12.5. The van der Waals surface area contributed by atoms with Crippen LogP contribution in [0.3, 0.4) is 0 Å². The molecule has 0 aromatic heterocycles. The van der Waals surface area contributed by atoms with Crippen LogP contribution in [0.2, 0.25) is 0 Å². The van der Waals surface area contributed by atoms with E-state index in [0.29, 0.717) is 17.5 Å². The van der Waals surface area contributed by atoms with Gasteiger partial charge in [0.15, 0.2) is 5.78 Å². The molecule has 0 spiro atoms. The molecule has 0 heterocycles. The van der Waals surface area contributed by atoms with Crippen LogP contribution in [-0.4, -0.2) is 42.9 Å². The Bertz CT molecular complexity index is 448. The van der Waals surface area contributed by atoms with E-state index in [-0.39, 0.29) is 5.78 Å². The second-order valence-corrected chi connectivity index (χ2v) is 11.8. The summed E-state index contributed by atoms with van der Waals surface area (Å²) in [7, 11) is 2.31. The van der Waals surface area contributed by atoms with Gasteiger partial charge in [0.2, 0.25) is 0 Å². The highest BCUT2D eigenvalue weighted by Crippen LogP contribution is 2.51. The Morgan fingerprint density at radius 2 is 1.17 bits per heavy atom. The zero-order chi connectivity index (χ0) is 22.7. The second-order valence-electron chi connectivity index (χ2n) is 9.78. The van der Waals surface area contributed by atoms with Crippen LogP contribution in [0.15, 0.2) is 12.7 Å². The summed E-state index contributed by atoms with van der Waals surface area (Å²) in [5, 5.41) is 0. The standard InChI is InChI=1S/C25H52NO3P/c1-6-8-9-10-11-12-13-14-15-16-17-18-19-20-21-22-23-24-29-30(27,28)25(7-2)26(3,4)5/h6,25H,1,7-24H2,2-5H3/p+1. The van der Waals surface area contributed by atoms with Gasteiger partial charge in [-0.25, -0.2) is 0 Å². The molecule has 0 aromatic rings. The van der Waals surface area contributed by atoms with Gasteiger partial charge < -0.3 is 13.9 Å². The van der Waals surface area contributed by atoms with Crippen molar-refractivity contribution in [1.82, 2.24) is 0 Å². The summed E-state index contributed by atoms with van der Waals surface area (Å²) in [6.45, 7) is 6.12. The van der Waals surface area contributed by atoms with Crippen molar-refractivity contribution in [1.29, 1.82) is 0 Å². The average Bonchev–Trinajstić information content (AvgIpc) is 2.66. The summed E-state index contributed by atoms with van der Waals surface area (Å²) in [5.41, 5.74) is 0. The minimum Gasteiger partial charge on any atom is -0.320 e. The molecule has 2 atom stereocenters. The van der Waals surface area contributed by atoms with Crippen molar-refractivity contribution in [2.75, 3.05) is 27.7 Å². The van der Waals surface area contributed by atoms with Gasteiger partial charge in [0.05, 0.1) is 27.7 Å². The van der Waals surface area contributed by atoms with Crippen molar-refractivity contribution < 1.29 is 18.5 Å². The van der Waals surface area contributed by atoms with Gasteiger partial charge in [-0.2, -0.15) is 0 Å². The van der Waals surface area contributed by atoms with Crippen LogP contribution in [0.5, 0.6) is 0 Å². The van der Waals surface area contributed by atoms with Crippen molar-refractivity contribution in [3.05, 3.63) is 12.7 Å². The first-order chi connectivity index (χ1) is 14.3. The van der Waals surface area contributed by atoms with Crippen LogP contribution < -0.4 is 0 Å². The first-order valence-corrected chi connectivity index (χ1v) is 14.3. The Balaban J connectivity index is 3.43. The number of hydrogen-bond acceptors (Lipinski definition) is 2. The molecule has 4 nitrogen and oxygen atoms in total. The number of quaternary nitrogens is 1. The molecule has 2 unspecified atom stereocenters. The Morgan fingerprint density at radius 3 is 1.50 bits per heavy atom. The third kappa shape index (κ3) is 16.5. The van der Waals surface area contributed by atoms with Gasteiger partial charge >= 0.3 is 7.60 Å². The second kappa shape index (κ2) is 18.4. The van der Waals surface area contributed by atoms with Gasteiger partial charge in [0, 0.05) is 6.42 Å². The number of unbranched alkanes of at least 4 members (excludes halogenated alkanes) is 15. The SMILES string of the molecule is C=CCCCCCCCCCCCCCCCCCOP(=O)(O)C(CC)[N+](C)(C)C. The highest BCUT2D eigenvalue weighted by atomic mass is 31.2. The van der Waals surface area contributed by atoms with E-state index in [1.54, 1.807) is 0 Å². The molecule has 5 heteroatoms. The Kier molecular flexibility index (Phi) is 18.3. The first kappa shape index (κ1) is 29.9. The molecule has 0 bridgehead atoms. The normalized spacial score (nSPS) is 15.1. The van der Waals surface area contributed by atoms with Crippen molar-refractivity contribution in [3.63, 3.8) is 0 Å². The lowest BCUT2D eigenvalue weighted by molar-refractivity contribution is -0.883. The third-order valence-electron chi connectivity index (χ3n) is 5.96. The predicted molar refractivity (Wildman–Crippen MR) is 132 cm³/mol. The zero-order valence-electron chi connectivity index (χ0n) is 20.7. The van der Waals surface area contributed by atoms with Crippen molar-refractivity contribution >= 4 is 7.60 Å². The molecule has 0 aliphatic heterocycles. The van der Waals surface area contributed by atoms with Crippen molar-refractivity contribution in [3.8, 4) is 0 Å². The highest BCUT2D eigenvalue weighted by Gasteiger charge is 2.41. The quantitative estimate of drug-likeness (QED) is 0.0791. The van der Waals surface area contributed by atoms with Gasteiger partial charge in [0.25, 0.3) is 0 Å². The predicted octanol–water partition coefficient (Wildman–Crippen LogP) is 8.06. The Labute approximate surface area is 188 Å². The third-order valence-corrected chi connectivity index (χ3v) is 8.33. The summed E-state index contributed by atoms with van der Waals surface area (Å²) in [4.78, 5) is 10.3. The van der Waals surface area contributed by atoms with Gasteiger partial charge in [-0.15, -0.1) is 6.58 Å². The largest absolute Gasteiger partial charge is 0.385 e. The Hall–Kier alpha value is -0.150. The average molecular weight is 447 g/mol. The summed E-state index contributed by atoms with van der Waals surface area (Å²) >= 11 is 0. The lowest BCUT2D eigenvalue weighted by Crippen LogP contribution is -2.44. The Morgan fingerprint density at radius 1 is 0.800 bits per heavy atom. The van der Waals surface area contributed by atoms with Crippen LogP contribution in [0.4, 0.5) is 0 Å². The van der Waals surface area contributed by atoms with Gasteiger partial charge in [-0.3, -0.25) is 4.57 Å². The summed E-state index contributed by atoms with van der Waals surface area (Å²) in [6.07, 6.45) is 23.4. The molecule has 0 rings (SSSR count). The zero-order valence-corrected chi connectivity index (χ0v) is 21.6. The van der Waals surface area contributed by atoms with E-state index in [2.05, 4.69) is 6.58 Å². The van der Waals surface area contributed by atoms with E-state index in [1.807, 2.05) is 34.1 Å². The molecule has 0 aliphatic carbocycles. The van der Waals surface area contributed by atoms with Crippen LogP contribution in [-0.2, 0) is 9.09 Å². The molecule has 1 N–H and O–H groups in total. The minimum atomic E-state index is -3.55. The van der Waals surface area contributed by atoms with Crippen molar-refractivity contribution in [2.24, 2.45) is 0 Å². The molecule has 30 heavy (non-hydrogen) atoms. The maximum absolute atomic E-state index is 12.5. The number of hydrogen-bond donors (Lipinski definition) is 1. The van der Waals surface area contributed by atoms with E-state index in [1.165, 1.54) is 89.9 Å². The molecule has 0 aliphatic rings.